The van der Waals surface area contributed by atoms with Crippen molar-refractivity contribution in [3.8, 4) is 0 Å². The molecule has 0 aliphatic carbocycles. The van der Waals surface area contributed by atoms with Gasteiger partial charge in [0, 0.05) is 4.47 Å². The fourth-order valence-corrected chi connectivity index (χ4v) is 2.67. The van der Waals surface area contributed by atoms with Crippen LogP contribution in [0.3, 0.4) is 0 Å². The first-order chi connectivity index (χ1) is 11.0. The van der Waals surface area contributed by atoms with Gasteiger partial charge in [0.1, 0.15) is 5.71 Å². The predicted octanol–water partition coefficient (Wildman–Crippen LogP) is 4.94. The standard InChI is InChI=1S/C18H16BrN3O/c1-11(2)12-3-6-14(7-4-12)22-20-10-17-18(23)15-9-13(19)5-8-16(15)21-17/h3-11,22H,1-2H3. The summed E-state index contributed by atoms with van der Waals surface area (Å²) in [6.07, 6.45) is 1.46. The van der Waals surface area contributed by atoms with Crippen molar-refractivity contribution < 1.29 is 4.79 Å². The maximum atomic E-state index is 12.2. The summed E-state index contributed by atoms with van der Waals surface area (Å²) < 4.78 is 0.862. The molecule has 0 unspecified atom stereocenters. The van der Waals surface area contributed by atoms with Gasteiger partial charge < -0.3 is 0 Å². The number of nitrogens with zero attached hydrogens (tertiary/aromatic N) is 2. The lowest BCUT2D eigenvalue weighted by Crippen LogP contribution is -2.11. The number of hydrogen-bond donors (Lipinski definition) is 1. The SMILES string of the molecule is CC(C)c1ccc(NN=CC2=Nc3ccc(Br)cc3C2=O)cc1. The van der Waals surface area contributed by atoms with Crippen molar-refractivity contribution in [3.63, 3.8) is 0 Å². The topological polar surface area (TPSA) is 53.8 Å². The van der Waals surface area contributed by atoms with E-state index in [0.717, 1.165) is 10.2 Å². The van der Waals surface area contributed by atoms with Gasteiger partial charge in [0.2, 0.25) is 5.78 Å². The number of benzene rings is 2. The number of nitrogens with one attached hydrogen (secondary N) is 1. The molecule has 0 saturated carbocycles. The molecule has 1 heterocycles. The van der Waals surface area contributed by atoms with E-state index in [1.807, 2.05) is 24.3 Å². The van der Waals surface area contributed by atoms with Gasteiger partial charge in [-0.15, -0.1) is 0 Å². The number of fused-ring (bicyclic) bond motifs is 1. The Labute approximate surface area is 143 Å². The zero-order valence-electron chi connectivity index (χ0n) is 12.9. The van der Waals surface area contributed by atoms with E-state index in [2.05, 4.69) is 57.4 Å². The Balaban J connectivity index is 1.69. The van der Waals surface area contributed by atoms with Crippen LogP contribution in [-0.4, -0.2) is 17.7 Å². The smallest absolute Gasteiger partial charge is 0.215 e. The van der Waals surface area contributed by atoms with Crippen molar-refractivity contribution in [3.05, 3.63) is 58.1 Å². The summed E-state index contributed by atoms with van der Waals surface area (Å²) in [6, 6.07) is 13.5. The quantitative estimate of drug-likeness (QED) is 0.612. The van der Waals surface area contributed by atoms with Crippen molar-refractivity contribution in [1.29, 1.82) is 0 Å². The van der Waals surface area contributed by atoms with E-state index < -0.39 is 0 Å². The van der Waals surface area contributed by atoms with E-state index in [1.54, 1.807) is 6.07 Å². The van der Waals surface area contributed by atoms with Gasteiger partial charge in [0.25, 0.3) is 0 Å². The molecular formula is C18H16BrN3O. The van der Waals surface area contributed by atoms with Crippen LogP contribution >= 0.6 is 15.9 Å². The van der Waals surface area contributed by atoms with Gasteiger partial charge in [0.05, 0.1) is 23.2 Å². The van der Waals surface area contributed by atoms with Gasteiger partial charge >= 0.3 is 0 Å². The zero-order valence-corrected chi connectivity index (χ0v) is 14.5. The highest BCUT2D eigenvalue weighted by molar-refractivity contribution is 9.10. The van der Waals surface area contributed by atoms with Crippen LogP contribution in [0.2, 0.25) is 0 Å². The van der Waals surface area contributed by atoms with Crippen molar-refractivity contribution in [1.82, 2.24) is 0 Å². The number of carbonyl (C=O) groups excluding carboxylic acids is 1. The molecule has 0 bridgehead atoms. The molecule has 23 heavy (non-hydrogen) atoms. The van der Waals surface area contributed by atoms with E-state index in [1.165, 1.54) is 11.8 Å². The molecule has 0 saturated heterocycles. The lowest BCUT2D eigenvalue weighted by atomic mass is 10.0. The molecule has 0 amide bonds. The summed E-state index contributed by atoms with van der Waals surface area (Å²) in [5.41, 5.74) is 6.69. The van der Waals surface area contributed by atoms with E-state index in [4.69, 9.17) is 0 Å². The number of hydrogen-bond acceptors (Lipinski definition) is 4. The van der Waals surface area contributed by atoms with Crippen LogP contribution in [0, 0.1) is 0 Å². The van der Waals surface area contributed by atoms with E-state index in [-0.39, 0.29) is 5.78 Å². The fourth-order valence-electron chi connectivity index (χ4n) is 2.30. The minimum atomic E-state index is -0.109. The van der Waals surface area contributed by atoms with Gasteiger partial charge in [0.15, 0.2) is 0 Å². The molecule has 116 valence electrons. The second-order valence-electron chi connectivity index (χ2n) is 5.63. The Morgan fingerprint density at radius 1 is 1.17 bits per heavy atom. The number of carbonyl (C=O) groups is 1. The molecule has 0 atom stereocenters. The van der Waals surface area contributed by atoms with Crippen molar-refractivity contribution in [2.45, 2.75) is 19.8 Å². The number of ketones is 1. The molecule has 0 aromatic heterocycles. The van der Waals surface area contributed by atoms with Gasteiger partial charge in [-0.25, -0.2) is 4.99 Å². The number of rotatable bonds is 4. The highest BCUT2D eigenvalue weighted by atomic mass is 79.9. The Morgan fingerprint density at radius 3 is 2.61 bits per heavy atom. The van der Waals surface area contributed by atoms with Crippen LogP contribution in [0.4, 0.5) is 11.4 Å². The van der Waals surface area contributed by atoms with E-state index >= 15 is 0 Å². The first kappa shape index (κ1) is 15.6. The first-order valence-corrected chi connectivity index (χ1v) is 8.16. The number of Topliss-reactive ketones (excluding diaryl/α,β-unsaturated/α-hetero) is 1. The Kier molecular flexibility index (Phi) is 4.39. The van der Waals surface area contributed by atoms with Gasteiger partial charge in [-0.05, 0) is 41.8 Å². The van der Waals surface area contributed by atoms with Crippen molar-refractivity contribution in [2.75, 3.05) is 5.43 Å². The van der Waals surface area contributed by atoms with E-state index in [9.17, 15) is 4.79 Å². The van der Waals surface area contributed by atoms with Crippen LogP contribution in [-0.2, 0) is 0 Å². The molecule has 2 aromatic carbocycles. The third-order valence-corrected chi connectivity index (χ3v) is 4.13. The molecule has 0 radical (unpaired) electrons. The summed E-state index contributed by atoms with van der Waals surface area (Å²) in [5, 5.41) is 4.12. The lowest BCUT2D eigenvalue weighted by molar-refractivity contribution is 0.107. The minimum absolute atomic E-state index is 0.109. The molecule has 3 rings (SSSR count). The molecular weight excluding hydrogens is 354 g/mol. The average molecular weight is 370 g/mol. The van der Waals surface area contributed by atoms with Crippen LogP contribution in [0.5, 0.6) is 0 Å². The van der Waals surface area contributed by atoms with Crippen molar-refractivity contribution >= 4 is 45.0 Å². The molecule has 1 aliphatic heterocycles. The number of hydrazone groups is 1. The lowest BCUT2D eigenvalue weighted by Gasteiger charge is -2.06. The zero-order chi connectivity index (χ0) is 16.4. The molecule has 1 aliphatic rings. The summed E-state index contributed by atoms with van der Waals surface area (Å²) >= 11 is 3.36. The fraction of sp³-hybridized carbons (Fsp3) is 0.167. The highest BCUT2D eigenvalue weighted by Crippen LogP contribution is 2.29. The van der Waals surface area contributed by atoms with Gasteiger partial charge in [-0.1, -0.05) is 41.9 Å². The summed E-state index contributed by atoms with van der Waals surface area (Å²) in [7, 11) is 0. The second-order valence-corrected chi connectivity index (χ2v) is 6.55. The average Bonchev–Trinajstić information content (AvgIpc) is 2.84. The number of halogens is 1. The van der Waals surface area contributed by atoms with E-state index in [0.29, 0.717) is 22.9 Å². The normalized spacial score (nSPS) is 13.6. The number of aliphatic imine (C=N–C) groups is 1. The molecule has 0 fully saturated rings. The van der Waals surface area contributed by atoms with Crippen LogP contribution in [0.15, 0.2) is 57.0 Å². The van der Waals surface area contributed by atoms with Crippen LogP contribution < -0.4 is 5.43 Å². The van der Waals surface area contributed by atoms with Gasteiger partial charge in [-0.3, -0.25) is 10.2 Å². The third-order valence-electron chi connectivity index (χ3n) is 3.63. The highest BCUT2D eigenvalue weighted by Gasteiger charge is 2.23. The van der Waals surface area contributed by atoms with Crippen LogP contribution in [0.25, 0.3) is 0 Å². The first-order valence-electron chi connectivity index (χ1n) is 7.36. The number of anilines is 1. The van der Waals surface area contributed by atoms with Gasteiger partial charge in [-0.2, -0.15) is 5.10 Å². The summed E-state index contributed by atoms with van der Waals surface area (Å²) in [5.74, 6) is 0.387. The Bertz CT molecular complexity index is 808. The molecule has 0 spiro atoms. The van der Waals surface area contributed by atoms with Crippen LogP contribution in [0.1, 0.15) is 35.7 Å². The van der Waals surface area contributed by atoms with Crippen molar-refractivity contribution in [2.24, 2.45) is 10.1 Å². The molecule has 1 N–H and O–H groups in total. The molecule has 4 nitrogen and oxygen atoms in total. The molecule has 5 heteroatoms. The summed E-state index contributed by atoms with van der Waals surface area (Å²) in [4.78, 5) is 16.5. The predicted molar refractivity (Wildman–Crippen MR) is 98.2 cm³/mol. The monoisotopic (exact) mass is 369 g/mol. The maximum absolute atomic E-state index is 12.2. The largest absolute Gasteiger partial charge is 0.287 e. The molecule has 2 aromatic rings. The Hall–Kier alpha value is -2.27. The Morgan fingerprint density at radius 2 is 1.91 bits per heavy atom. The third kappa shape index (κ3) is 3.40. The summed E-state index contributed by atoms with van der Waals surface area (Å²) in [6.45, 7) is 4.31. The maximum Gasteiger partial charge on any atom is 0.215 e. The minimum Gasteiger partial charge on any atom is -0.287 e. The second kappa shape index (κ2) is 6.46.